The van der Waals surface area contributed by atoms with E-state index in [0.29, 0.717) is 23.0 Å². The minimum Gasteiger partial charge on any atom is -0.486 e. The van der Waals surface area contributed by atoms with Gasteiger partial charge < -0.3 is 9.64 Å². The van der Waals surface area contributed by atoms with Crippen molar-refractivity contribution in [3.05, 3.63) is 82.1 Å². The summed E-state index contributed by atoms with van der Waals surface area (Å²) in [6, 6.07) is 15.7. The van der Waals surface area contributed by atoms with E-state index >= 15 is 0 Å². The average Bonchev–Trinajstić information content (AvgIpc) is 3.09. The summed E-state index contributed by atoms with van der Waals surface area (Å²) in [6.07, 6.45) is 0. The Bertz CT molecular complexity index is 851. The SMILES string of the molecule is CN(Cc1ccccc1)C(=O)c1csc(COc2cccc(F)c2)n1. The quantitative estimate of drug-likeness (QED) is 0.667. The second-order valence-electron chi connectivity index (χ2n) is 5.52. The third kappa shape index (κ3) is 4.64. The van der Waals surface area contributed by atoms with Gasteiger partial charge in [-0.2, -0.15) is 0 Å². The number of halogens is 1. The van der Waals surface area contributed by atoms with Gasteiger partial charge in [-0.25, -0.2) is 9.37 Å². The van der Waals surface area contributed by atoms with Gasteiger partial charge in [0.1, 0.15) is 28.9 Å². The van der Waals surface area contributed by atoms with Crippen molar-refractivity contribution in [2.75, 3.05) is 7.05 Å². The molecule has 0 aliphatic carbocycles. The summed E-state index contributed by atoms with van der Waals surface area (Å²) in [4.78, 5) is 18.4. The lowest BCUT2D eigenvalue weighted by Gasteiger charge is -2.15. The highest BCUT2D eigenvalue weighted by Crippen LogP contribution is 2.17. The van der Waals surface area contributed by atoms with Crippen LogP contribution < -0.4 is 4.74 Å². The smallest absolute Gasteiger partial charge is 0.273 e. The van der Waals surface area contributed by atoms with E-state index in [0.717, 1.165) is 5.56 Å². The van der Waals surface area contributed by atoms with E-state index in [1.807, 2.05) is 30.3 Å². The van der Waals surface area contributed by atoms with Gasteiger partial charge in [0.2, 0.25) is 0 Å². The van der Waals surface area contributed by atoms with Crippen molar-refractivity contribution < 1.29 is 13.9 Å². The summed E-state index contributed by atoms with van der Waals surface area (Å²) in [7, 11) is 1.75. The second-order valence-corrected chi connectivity index (χ2v) is 6.46. The summed E-state index contributed by atoms with van der Waals surface area (Å²) in [5, 5.41) is 2.38. The van der Waals surface area contributed by atoms with E-state index in [1.54, 1.807) is 29.5 Å². The monoisotopic (exact) mass is 356 g/mol. The Balaban J connectivity index is 1.59. The van der Waals surface area contributed by atoms with Crippen LogP contribution in [0.2, 0.25) is 0 Å². The van der Waals surface area contributed by atoms with Crippen LogP contribution in [0.5, 0.6) is 5.75 Å². The number of benzene rings is 2. The third-order valence-electron chi connectivity index (χ3n) is 3.54. The van der Waals surface area contributed by atoms with Crippen molar-refractivity contribution >= 4 is 17.2 Å². The zero-order chi connectivity index (χ0) is 17.6. The molecule has 0 spiro atoms. The Morgan fingerprint density at radius 3 is 2.76 bits per heavy atom. The second kappa shape index (κ2) is 7.90. The Hall–Kier alpha value is -2.73. The van der Waals surface area contributed by atoms with Gasteiger partial charge in [-0.3, -0.25) is 4.79 Å². The number of aromatic nitrogens is 1. The van der Waals surface area contributed by atoms with Crippen LogP contribution in [0.3, 0.4) is 0 Å². The first-order valence-electron chi connectivity index (χ1n) is 7.74. The lowest BCUT2D eigenvalue weighted by molar-refractivity contribution is 0.0779. The van der Waals surface area contributed by atoms with E-state index in [2.05, 4.69) is 4.98 Å². The molecule has 6 heteroatoms. The van der Waals surface area contributed by atoms with Crippen molar-refractivity contribution in [3.8, 4) is 5.75 Å². The summed E-state index contributed by atoms with van der Waals surface area (Å²) >= 11 is 1.35. The summed E-state index contributed by atoms with van der Waals surface area (Å²) in [6.45, 7) is 0.718. The Morgan fingerprint density at radius 1 is 1.20 bits per heavy atom. The van der Waals surface area contributed by atoms with Crippen LogP contribution in [0.4, 0.5) is 4.39 Å². The number of ether oxygens (including phenoxy) is 1. The minimum absolute atomic E-state index is 0.142. The topological polar surface area (TPSA) is 42.4 Å². The predicted molar refractivity (Wildman–Crippen MR) is 95.1 cm³/mol. The van der Waals surface area contributed by atoms with Crippen molar-refractivity contribution in [2.24, 2.45) is 0 Å². The van der Waals surface area contributed by atoms with E-state index in [-0.39, 0.29) is 18.3 Å². The van der Waals surface area contributed by atoms with Gasteiger partial charge in [-0.05, 0) is 17.7 Å². The third-order valence-corrected chi connectivity index (χ3v) is 4.36. The predicted octanol–water partition coefficient (Wildman–Crippen LogP) is 4.13. The number of hydrogen-bond donors (Lipinski definition) is 0. The number of carbonyl (C=O) groups excluding carboxylic acids is 1. The van der Waals surface area contributed by atoms with Gasteiger partial charge in [0.15, 0.2) is 0 Å². The first kappa shape index (κ1) is 17.1. The van der Waals surface area contributed by atoms with Gasteiger partial charge in [0, 0.05) is 25.0 Å². The van der Waals surface area contributed by atoms with Crippen LogP contribution in [0.25, 0.3) is 0 Å². The molecule has 0 unspecified atom stereocenters. The zero-order valence-electron chi connectivity index (χ0n) is 13.7. The van der Waals surface area contributed by atoms with E-state index in [4.69, 9.17) is 4.74 Å². The fourth-order valence-corrected chi connectivity index (χ4v) is 2.98. The molecule has 0 saturated heterocycles. The molecule has 1 heterocycles. The van der Waals surface area contributed by atoms with Crippen LogP contribution in [0.15, 0.2) is 60.0 Å². The zero-order valence-corrected chi connectivity index (χ0v) is 14.5. The molecule has 1 amide bonds. The summed E-state index contributed by atoms with van der Waals surface area (Å²) < 4.78 is 18.6. The van der Waals surface area contributed by atoms with Crippen LogP contribution in [-0.4, -0.2) is 22.8 Å². The van der Waals surface area contributed by atoms with Crippen LogP contribution in [-0.2, 0) is 13.2 Å². The molecule has 4 nitrogen and oxygen atoms in total. The van der Waals surface area contributed by atoms with Gasteiger partial charge in [0.05, 0.1) is 0 Å². The molecule has 0 saturated carbocycles. The average molecular weight is 356 g/mol. The summed E-state index contributed by atoms with van der Waals surface area (Å²) in [5.74, 6) is -0.0589. The number of hydrogen-bond acceptors (Lipinski definition) is 4. The molecule has 0 N–H and O–H groups in total. The van der Waals surface area contributed by atoms with Gasteiger partial charge in [0.25, 0.3) is 5.91 Å². The Labute approximate surface area is 149 Å². The molecular weight excluding hydrogens is 339 g/mol. The lowest BCUT2D eigenvalue weighted by Crippen LogP contribution is -2.26. The molecule has 0 aliphatic rings. The molecule has 0 atom stereocenters. The first-order chi connectivity index (χ1) is 12.1. The number of thiazole rings is 1. The summed E-state index contributed by atoms with van der Waals surface area (Å²) in [5.41, 5.74) is 1.45. The molecule has 3 aromatic rings. The highest BCUT2D eigenvalue weighted by Gasteiger charge is 2.16. The highest BCUT2D eigenvalue weighted by molar-refractivity contribution is 7.09. The van der Waals surface area contributed by atoms with Crippen molar-refractivity contribution in [1.82, 2.24) is 9.88 Å². The van der Waals surface area contributed by atoms with Crippen LogP contribution in [0.1, 0.15) is 21.1 Å². The maximum absolute atomic E-state index is 13.1. The van der Waals surface area contributed by atoms with E-state index in [1.165, 1.54) is 23.5 Å². The number of amides is 1. The highest BCUT2D eigenvalue weighted by atomic mass is 32.1. The maximum atomic E-state index is 13.1. The molecule has 0 fully saturated rings. The van der Waals surface area contributed by atoms with Crippen LogP contribution in [0, 0.1) is 5.82 Å². The van der Waals surface area contributed by atoms with E-state index in [9.17, 15) is 9.18 Å². The molecular formula is C19H17FN2O2S. The van der Waals surface area contributed by atoms with Gasteiger partial charge >= 0.3 is 0 Å². The molecule has 128 valence electrons. The molecule has 0 bridgehead atoms. The Kier molecular flexibility index (Phi) is 5.40. The molecule has 0 radical (unpaired) electrons. The number of carbonyl (C=O) groups is 1. The largest absolute Gasteiger partial charge is 0.486 e. The van der Waals surface area contributed by atoms with Crippen LogP contribution >= 0.6 is 11.3 Å². The molecule has 25 heavy (non-hydrogen) atoms. The normalized spacial score (nSPS) is 10.5. The number of nitrogens with zero attached hydrogens (tertiary/aromatic N) is 2. The van der Waals surface area contributed by atoms with Crippen molar-refractivity contribution in [2.45, 2.75) is 13.2 Å². The standard InChI is InChI=1S/C19H17FN2O2S/c1-22(11-14-6-3-2-4-7-14)19(23)17-13-25-18(21-17)12-24-16-9-5-8-15(20)10-16/h2-10,13H,11-12H2,1H3. The molecule has 2 aromatic carbocycles. The fourth-order valence-electron chi connectivity index (χ4n) is 2.30. The first-order valence-corrected chi connectivity index (χ1v) is 8.62. The van der Waals surface area contributed by atoms with Gasteiger partial charge in [-0.15, -0.1) is 11.3 Å². The molecule has 3 rings (SSSR count). The molecule has 1 aromatic heterocycles. The molecule has 0 aliphatic heterocycles. The number of rotatable bonds is 6. The van der Waals surface area contributed by atoms with Crippen molar-refractivity contribution in [1.29, 1.82) is 0 Å². The minimum atomic E-state index is -0.352. The maximum Gasteiger partial charge on any atom is 0.273 e. The fraction of sp³-hybridized carbons (Fsp3) is 0.158. The lowest BCUT2D eigenvalue weighted by atomic mass is 10.2. The Morgan fingerprint density at radius 2 is 2.00 bits per heavy atom. The van der Waals surface area contributed by atoms with E-state index < -0.39 is 0 Å². The van der Waals surface area contributed by atoms with Gasteiger partial charge in [-0.1, -0.05) is 36.4 Å². The van der Waals surface area contributed by atoms with Crippen molar-refractivity contribution in [3.63, 3.8) is 0 Å².